The average Bonchev–Trinajstić information content (AvgIpc) is 2.93. The molecule has 20 heavy (non-hydrogen) atoms. The van der Waals surface area contributed by atoms with Crippen LogP contribution in [0.2, 0.25) is 0 Å². The molecule has 106 valence electrons. The summed E-state index contributed by atoms with van der Waals surface area (Å²) in [7, 11) is 0. The van der Waals surface area contributed by atoms with Crippen molar-refractivity contribution < 1.29 is 4.74 Å². The Balaban J connectivity index is 2.08. The predicted octanol–water partition coefficient (Wildman–Crippen LogP) is 2.21. The fourth-order valence-corrected chi connectivity index (χ4v) is 2.97. The molecule has 6 nitrogen and oxygen atoms in total. The van der Waals surface area contributed by atoms with E-state index in [9.17, 15) is 0 Å². The maximum atomic E-state index is 5.94. The van der Waals surface area contributed by atoms with Gasteiger partial charge in [0.05, 0.1) is 16.6 Å². The van der Waals surface area contributed by atoms with Gasteiger partial charge in [0.2, 0.25) is 0 Å². The number of anilines is 1. The topological polar surface area (TPSA) is 78.9 Å². The summed E-state index contributed by atoms with van der Waals surface area (Å²) in [5, 5.41) is 12.2. The standard InChI is InChI=1S/C13H16BrN5O/c1-13(6-3-7-20-8-13)19-12(16-17-18-19)9-4-2-5-10(15)11(9)14/h2,4-5H,3,6-8,15H2,1H3. The van der Waals surface area contributed by atoms with Gasteiger partial charge in [-0.1, -0.05) is 6.07 Å². The first-order valence-electron chi connectivity index (χ1n) is 6.53. The molecule has 0 aliphatic carbocycles. The van der Waals surface area contributed by atoms with Gasteiger partial charge < -0.3 is 10.5 Å². The van der Waals surface area contributed by atoms with E-state index in [0.29, 0.717) is 18.1 Å². The SMILES string of the molecule is CC1(n2nnnc2-c2cccc(N)c2Br)CCCOC1. The van der Waals surface area contributed by atoms with E-state index in [-0.39, 0.29) is 5.54 Å². The van der Waals surface area contributed by atoms with Crippen LogP contribution in [0.25, 0.3) is 11.4 Å². The van der Waals surface area contributed by atoms with E-state index in [1.54, 1.807) is 0 Å². The maximum Gasteiger partial charge on any atom is 0.183 e. The van der Waals surface area contributed by atoms with Crippen molar-refractivity contribution in [1.29, 1.82) is 0 Å². The smallest absolute Gasteiger partial charge is 0.183 e. The molecule has 1 saturated heterocycles. The number of nitrogens with two attached hydrogens (primary N) is 1. The van der Waals surface area contributed by atoms with Crippen LogP contribution in [0.15, 0.2) is 22.7 Å². The van der Waals surface area contributed by atoms with Gasteiger partial charge in [0, 0.05) is 17.9 Å². The molecule has 1 fully saturated rings. The van der Waals surface area contributed by atoms with E-state index in [4.69, 9.17) is 10.5 Å². The average molecular weight is 338 g/mol. The Morgan fingerprint density at radius 1 is 1.45 bits per heavy atom. The van der Waals surface area contributed by atoms with Crippen LogP contribution in [-0.2, 0) is 10.3 Å². The Morgan fingerprint density at radius 2 is 2.30 bits per heavy atom. The molecule has 7 heteroatoms. The monoisotopic (exact) mass is 337 g/mol. The van der Waals surface area contributed by atoms with Crippen molar-refractivity contribution in [3.05, 3.63) is 22.7 Å². The van der Waals surface area contributed by atoms with Gasteiger partial charge in [0.1, 0.15) is 0 Å². The zero-order chi connectivity index (χ0) is 14.2. The summed E-state index contributed by atoms with van der Waals surface area (Å²) in [5.41, 5.74) is 7.28. The zero-order valence-electron chi connectivity index (χ0n) is 11.2. The van der Waals surface area contributed by atoms with Crippen LogP contribution in [0.1, 0.15) is 19.8 Å². The first-order chi connectivity index (χ1) is 9.62. The normalized spacial score (nSPS) is 22.9. The fraction of sp³-hybridized carbons (Fsp3) is 0.462. The molecule has 2 aromatic rings. The molecular formula is C13H16BrN5O. The first kappa shape index (κ1) is 13.5. The predicted molar refractivity (Wildman–Crippen MR) is 79.1 cm³/mol. The third-order valence-electron chi connectivity index (χ3n) is 3.67. The number of aromatic nitrogens is 4. The van der Waals surface area contributed by atoms with E-state index in [2.05, 4.69) is 38.4 Å². The molecule has 1 aromatic heterocycles. The largest absolute Gasteiger partial charge is 0.398 e. The number of rotatable bonds is 2. The summed E-state index contributed by atoms with van der Waals surface area (Å²) in [5.74, 6) is 0.706. The highest BCUT2D eigenvalue weighted by atomic mass is 79.9. The lowest BCUT2D eigenvalue weighted by Gasteiger charge is -2.33. The summed E-state index contributed by atoms with van der Waals surface area (Å²) >= 11 is 3.51. The van der Waals surface area contributed by atoms with E-state index in [0.717, 1.165) is 29.5 Å². The number of ether oxygens (including phenoxy) is 1. The molecule has 1 aliphatic rings. The molecule has 0 bridgehead atoms. The number of tetrazole rings is 1. The highest BCUT2D eigenvalue weighted by Crippen LogP contribution is 2.35. The van der Waals surface area contributed by atoms with Crippen molar-refractivity contribution in [2.75, 3.05) is 18.9 Å². The summed E-state index contributed by atoms with van der Waals surface area (Å²) in [6.07, 6.45) is 2.00. The van der Waals surface area contributed by atoms with Crippen molar-refractivity contribution in [2.24, 2.45) is 0 Å². The van der Waals surface area contributed by atoms with E-state index < -0.39 is 0 Å². The van der Waals surface area contributed by atoms with Gasteiger partial charge >= 0.3 is 0 Å². The van der Waals surface area contributed by atoms with Gasteiger partial charge in [-0.2, -0.15) is 0 Å². The molecule has 0 radical (unpaired) electrons. The Bertz CT molecular complexity index is 621. The number of nitrogen functional groups attached to an aromatic ring is 1. The van der Waals surface area contributed by atoms with Gasteiger partial charge in [0.25, 0.3) is 0 Å². The highest BCUT2D eigenvalue weighted by Gasteiger charge is 2.34. The van der Waals surface area contributed by atoms with Gasteiger partial charge in [0.15, 0.2) is 5.82 Å². The quantitative estimate of drug-likeness (QED) is 0.850. The van der Waals surface area contributed by atoms with Gasteiger partial charge in [-0.15, -0.1) is 5.10 Å². The van der Waals surface area contributed by atoms with Crippen LogP contribution in [0, 0.1) is 0 Å². The molecule has 3 rings (SSSR count). The summed E-state index contributed by atoms with van der Waals surface area (Å²) in [4.78, 5) is 0. The van der Waals surface area contributed by atoms with Crippen LogP contribution in [-0.4, -0.2) is 33.4 Å². The van der Waals surface area contributed by atoms with Crippen molar-refractivity contribution >= 4 is 21.6 Å². The second kappa shape index (κ2) is 5.14. The minimum absolute atomic E-state index is 0.221. The van der Waals surface area contributed by atoms with Crippen LogP contribution in [0.5, 0.6) is 0 Å². The third kappa shape index (κ3) is 2.20. The maximum absolute atomic E-state index is 5.94. The van der Waals surface area contributed by atoms with Gasteiger partial charge in [-0.25, -0.2) is 4.68 Å². The molecule has 1 atom stereocenters. The Morgan fingerprint density at radius 3 is 3.05 bits per heavy atom. The molecular weight excluding hydrogens is 322 g/mol. The zero-order valence-corrected chi connectivity index (χ0v) is 12.8. The summed E-state index contributed by atoms with van der Waals surface area (Å²) in [6, 6.07) is 5.69. The lowest BCUT2D eigenvalue weighted by molar-refractivity contribution is 0.00347. The lowest BCUT2D eigenvalue weighted by atomic mass is 9.94. The van der Waals surface area contributed by atoms with Crippen molar-refractivity contribution in [1.82, 2.24) is 20.2 Å². The second-order valence-electron chi connectivity index (χ2n) is 5.28. The molecule has 2 N–H and O–H groups in total. The van der Waals surface area contributed by atoms with Crippen LogP contribution < -0.4 is 5.73 Å². The van der Waals surface area contributed by atoms with Crippen molar-refractivity contribution in [3.63, 3.8) is 0 Å². The second-order valence-corrected chi connectivity index (χ2v) is 6.07. The third-order valence-corrected chi connectivity index (χ3v) is 4.55. The molecule has 1 unspecified atom stereocenters. The molecule has 2 heterocycles. The van der Waals surface area contributed by atoms with Crippen LogP contribution in [0.3, 0.4) is 0 Å². The number of halogens is 1. The molecule has 0 spiro atoms. The van der Waals surface area contributed by atoms with E-state index >= 15 is 0 Å². The summed E-state index contributed by atoms with van der Waals surface area (Å²) < 4.78 is 8.27. The van der Waals surface area contributed by atoms with Gasteiger partial charge in [-0.3, -0.25) is 0 Å². The van der Waals surface area contributed by atoms with Crippen LogP contribution >= 0.6 is 15.9 Å². The number of benzene rings is 1. The molecule has 1 aliphatic heterocycles. The van der Waals surface area contributed by atoms with Gasteiger partial charge in [-0.05, 0) is 58.3 Å². The van der Waals surface area contributed by atoms with E-state index in [1.165, 1.54) is 0 Å². The fourth-order valence-electron chi connectivity index (χ4n) is 2.53. The number of nitrogens with zero attached hydrogens (tertiary/aromatic N) is 4. The highest BCUT2D eigenvalue weighted by molar-refractivity contribution is 9.10. The summed E-state index contributed by atoms with van der Waals surface area (Å²) in [6.45, 7) is 3.53. The van der Waals surface area contributed by atoms with Crippen molar-refractivity contribution in [2.45, 2.75) is 25.3 Å². The first-order valence-corrected chi connectivity index (χ1v) is 7.32. The lowest BCUT2D eigenvalue weighted by Crippen LogP contribution is -2.40. The molecule has 0 amide bonds. The minimum atomic E-state index is -0.221. The Hall–Kier alpha value is -1.47. The van der Waals surface area contributed by atoms with E-state index in [1.807, 2.05) is 22.9 Å². The Kier molecular flexibility index (Phi) is 3.47. The molecule has 1 aromatic carbocycles. The van der Waals surface area contributed by atoms with Crippen molar-refractivity contribution in [3.8, 4) is 11.4 Å². The molecule has 0 saturated carbocycles. The van der Waals surface area contributed by atoms with Crippen LogP contribution in [0.4, 0.5) is 5.69 Å². The minimum Gasteiger partial charge on any atom is -0.398 e. The number of hydrogen-bond acceptors (Lipinski definition) is 5. The Labute approximate surface area is 125 Å². The number of hydrogen-bond donors (Lipinski definition) is 1.